The average Bonchev–Trinajstić information content (AvgIpc) is 2.77. The molecule has 0 saturated carbocycles. The number of halogens is 2. The number of Topliss-reactive ketones (excluding diaryl/α,β-unsaturated/α-hetero) is 2. The van der Waals surface area contributed by atoms with Crippen LogP contribution in [0.5, 0.6) is 0 Å². The van der Waals surface area contributed by atoms with E-state index in [-0.39, 0.29) is 24.8 Å². The van der Waals surface area contributed by atoms with Gasteiger partial charge in [0.1, 0.15) is 13.2 Å². The van der Waals surface area contributed by atoms with Crippen molar-refractivity contribution in [3.8, 4) is 11.1 Å². The Bertz CT molecular complexity index is 740. The number of benzene rings is 2. The second-order valence-corrected chi connectivity index (χ2v) is 8.55. The highest BCUT2D eigenvalue weighted by Gasteiger charge is 2.11. The number of carbonyl (C=O) groups excluding carboxylic acids is 2. The van der Waals surface area contributed by atoms with Crippen LogP contribution in [0.3, 0.4) is 0 Å². The fourth-order valence-electron chi connectivity index (χ4n) is 3.04. The lowest BCUT2D eigenvalue weighted by molar-refractivity contribution is -0.124. The van der Waals surface area contributed by atoms with E-state index < -0.39 is 0 Å². The standard InChI is InChI=1S/C24H28Br2O4/c25-13-5-9-21(27)17-29-15-19-7-1-3-11-23(19)24-12-4-2-8-20(24)16-30-18-22(28)10-6-14-26/h1-4,7-8,11-12H,5-6,9-10,13-18H2. The van der Waals surface area contributed by atoms with E-state index in [0.29, 0.717) is 26.1 Å². The molecule has 0 saturated heterocycles. The molecule has 0 aliphatic carbocycles. The normalized spacial score (nSPS) is 10.9. The van der Waals surface area contributed by atoms with Crippen LogP contribution in [0, 0.1) is 0 Å². The molecule has 2 aromatic rings. The van der Waals surface area contributed by atoms with E-state index in [9.17, 15) is 9.59 Å². The fourth-order valence-corrected chi connectivity index (χ4v) is 3.60. The molecule has 2 rings (SSSR count). The lowest BCUT2D eigenvalue weighted by atomic mass is 9.96. The van der Waals surface area contributed by atoms with Crippen LogP contribution in [-0.4, -0.2) is 35.4 Å². The SMILES string of the molecule is O=C(CCCBr)COCc1ccccc1-c1ccccc1COCC(=O)CCCBr. The van der Waals surface area contributed by atoms with Gasteiger partial charge >= 0.3 is 0 Å². The predicted octanol–water partition coefficient (Wildman–Crippen LogP) is 5.88. The maximum Gasteiger partial charge on any atom is 0.158 e. The molecule has 0 atom stereocenters. The molecule has 0 aliphatic rings. The Morgan fingerprint density at radius 3 is 1.47 bits per heavy atom. The van der Waals surface area contributed by atoms with Crippen molar-refractivity contribution in [2.45, 2.75) is 38.9 Å². The summed E-state index contributed by atoms with van der Waals surface area (Å²) in [5, 5.41) is 1.64. The van der Waals surface area contributed by atoms with Crippen LogP contribution < -0.4 is 0 Å². The molecule has 0 N–H and O–H groups in total. The minimum absolute atomic E-state index is 0.116. The van der Waals surface area contributed by atoms with Gasteiger partial charge in [-0.3, -0.25) is 9.59 Å². The minimum atomic E-state index is 0.116. The molecule has 0 amide bonds. The van der Waals surface area contributed by atoms with Crippen LogP contribution >= 0.6 is 31.9 Å². The summed E-state index contributed by atoms with van der Waals surface area (Å²) in [4.78, 5) is 23.7. The van der Waals surface area contributed by atoms with Gasteiger partial charge in [-0.25, -0.2) is 0 Å². The van der Waals surface area contributed by atoms with Crippen LogP contribution in [0.2, 0.25) is 0 Å². The Hall–Kier alpha value is -1.34. The van der Waals surface area contributed by atoms with Gasteiger partial charge in [-0.15, -0.1) is 0 Å². The molecule has 2 aromatic carbocycles. The Balaban J connectivity index is 2.02. The van der Waals surface area contributed by atoms with Crippen LogP contribution in [-0.2, 0) is 32.3 Å². The third kappa shape index (κ3) is 8.80. The summed E-state index contributed by atoms with van der Waals surface area (Å²) in [6.07, 6.45) is 2.71. The van der Waals surface area contributed by atoms with Crippen molar-refractivity contribution in [1.82, 2.24) is 0 Å². The quantitative estimate of drug-likeness (QED) is 0.265. The van der Waals surface area contributed by atoms with Gasteiger partial charge < -0.3 is 9.47 Å². The molecule has 0 aromatic heterocycles. The number of hydrogen-bond acceptors (Lipinski definition) is 4. The lowest BCUT2D eigenvalue weighted by Crippen LogP contribution is -2.10. The predicted molar refractivity (Wildman–Crippen MR) is 127 cm³/mol. The maximum absolute atomic E-state index is 11.8. The third-order valence-corrected chi connectivity index (χ3v) is 5.67. The van der Waals surface area contributed by atoms with Crippen LogP contribution in [0.25, 0.3) is 11.1 Å². The molecule has 30 heavy (non-hydrogen) atoms. The van der Waals surface area contributed by atoms with Gasteiger partial charge in [0, 0.05) is 23.5 Å². The zero-order chi connectivity index (χ0) is 21.6. The van der Waals surface area contributed by atoms with Crippen molar-refractivity contribution in [2.75, 3.05) is 23.9 Å². The average molecular weight is 540 g/mol. The first-order chi connectivity index (χ1) is 14.7. The van der Waals surface area contributed by atoms with Gasteiger partial charge in [0.15, 0.2) is 11.6 Å². The van der Waals surface area contributed by atoms with Crippen molar-refractivity contribution < 1.29 is 19.1 Å². The van der Waals surface area contributed by atoms with Crippen molar-refractivity contribution in [1.29, 1.82) is 0 Å². The molecule has 0 unspecified atom stereocenters. The van der Waals surface area contributed by atoms with Crippen molar-refractivity contribution in [3.05, 3.63) is 59.7 Å². The van der Waals surface area contributed by atoms with Crippen molar-refractivity contribution >= 4 is 43.4 Å². The summed E-state index contributed by atoms with van der Waals surface area (Å²) in [5.41, 5.74) is 4.14. The van der Waals surface area contributed by atoms with Gasteiger partial charge in [0.25, 0.3) is 0 Å². The van der Waals surface area contributed by atoms with Crippen molar-refractivity contribution in [3.63, 3.8) is 0 Å². The topological polar surface area (TPSA) is 52.6 Å². The monoisotopic (exact) mass is 538 g/mol. The molecule has 0 radical (unpaired) electrons. The summed E-state index contributed by atoms with van der Waals surface area (Å²) in [7, 11) is 0. The highest BCUT2D eigenvalue weighted by atomic mass is 79.9. The van der Waals surface area contributed by atoms with E-state index in [1.54, 1.807) is 0 Å². The summed E-state index contributed by atoms with van der Waals surface area (Å²) in [6, 6.07) is 16.0. The maximum atomic E-state index is 11.8. The first kappa shape index (κ1) is 24.9. The molecule has 0 bridgehead atoms. The summed E-state index contributed by atoms with van der Waals surface area (Å²) in [6.45, 7) is 0.998. The van der Waals surface area contributed by atoms with E-state index in [1.807, 2.05) is 48.5 Å². The molecule has 162 valence electrons. The summed E-state index contributed by atoms with van der Waals surface area (Å²) in [5.74, 6) is 0.232. The highest BCUT2D eigenvalue weighted by molar-refractivity contribution is 9.09. The van der Waals surface area contributed by atoms with Gasteiger partial charge in [0.05, 0.1) is 13.2 Å². The van der Waals surface area contributed by atoms with E-state index >= 15 is 0 Å². The van der Waals surface area contributed by atoms with E-state index in [1.165, 1.54) is 0 Å². The van der Waals surface area contributed by atoms with Crippen LogP contribution in [0.4, 0.5) is 0 Å². The Morgan fingerprint density at radius 1 is 0.667 bits per heavy atom. The number of ketones is 2. The first-order valence-electron chi connectivity index (χ1n) is 10.1. The molecule has 4 nitrogen and oxygen atoms in total. The second-order valence-electron chi connectivity index (χ2n) is 6.96. The second kappa shape index (κ2) is 14.6. The van der Waals surface area contributed by atoms with Gasteiger partial charge in [-0.1, -0.05) is 80.4 Å². The highest BCUT2D eigenvalue weighted by Crippen LogP contribution is 2.28. The number of ether oxygens (including phenoxy) is 2. The number of carbonyl (C=O) groups is 2. The molecular formula is C24H28Br2O4. The van der Waals surface area contributed by atoms with E-state index in [0.717, 1.165) is 45.8 Å². The molecule has 0 spiro atoms. The Kier molecular flexibility index (Phi) is 12.2. The van der Waals surface area contributed by atoms with Gasteiger partial charge in [0.2, 0.25) is 0 Å². The molecule has 6 heteroatoms. The first-order valence-corrected chi connectivity index (χ1v) is 12.4. The number of rotatable bonds is 15. The van der Waals surface area contributed by atoms with Gasteiger partial charge in [-0.2, -0.15) is 0 Å². The number of hydrogen-bond donors (Lipinski definition) is 0. The third-order valence-electron chi connectivity index (χ3n) is 4.54. The Morgan fingerprint density at radius 2 is 1.07 bits per heavy atom. The summed E-state index contributed by atoms with van der Waals surface area (Å²) < 4.78 is 11.4. The molecule has 0 heterocycles. The van der Waals surface area contributed by atoms with Crippen molar-refractivity contribution in [2.24, 2.45) is 0 Å². The zero-order valence-electron chi connectivity index (χ0n) is 17.1. The minimum Gasteiger partial charge on any atom is -0.369 e. The Labute approximate surface area is 195 Å². The summed E-state index contributed by atoms with van der Waals surface area (Å²) >= 11 is 6.68. The molecular weight excluding hydrogens is 512 g/mol. The lowest BCUT2D eigenvalue weighted by Gasteiger charge is -2.14. The zero-order valence-corrected chi connectivity index (χ0v) is 20.3. The van der Waals surface area contributed by atoms with Crippen LogP contribution in [0.15, 0.2) is 48.5 Å². The smallest absolute Gasteiger partial charge is 0.158 e. The fraction of sp³-hybridized carbons (Fsp3) is 0.417. The van der Waals surface area contributed by atoms with E-state index in [2.05, 4.69) is 31.9 Å². The number of alkyl halides is 2. The molecule has 0 fully saturated rings. The van der Waals surface area contributed by atoms with Crippen LogP contribution in [0.1, 0.15) is 36.8 Å². The van der Waals surface area contributed by atoms with E-state index in [4.69, 9.17) is 9.47 Å². The largest absolute Gasteiger partial charge is 0.369 e. The molecule has 0 aliphatic heterocycles. The van der Waals surface area contributed by atoms with Gasteiger partial charge in [-0.05, 0) is 35.1 Å².